The van der Waals surface area contributed by atoms with Crippen LogP contribution in [0.5, 0.6) is 0 Å². The maximum absolute atomic E-state index is 11.3. The second-order valence-electron chi connectivity index (χ2n) is 3.77. The molecule has 1 heterocycles. The molecule has 1 rings (SSSR count). The van der Waals surface area contributed by atoms with Crippen molar-refractivity contribution in [1.82, 2.24) is 25.4 Å². The van der Waals surface area contributed by atoms with Crippen LogP contribution >= 0.6 is 0 Å². The highest BCUT2D eigenvalue weighted by Gasteiger charge is 2.03. The lowest BCUT2D eigenvalue weighted by molar-refractivity contribution is -0.120. The van der Waals surface area contributed by atoms with Gasteiger partial charge in [0.15, 0.2) is 0 Å². The first kappa shape index (κ1) is 13.6. The lowest BCUT2D eigenvalue weighted by Gasteiger charge is -2.06. The minimum atomic E-state index is 0.0938. The molecule has 2 N–H and O–H groups in total. The second-order valence-corrected chi connectivity index (χ2v) is 3.77. The normalized spacial score (nSPS) is 10.5. The Labute approximate surface area is 102 Å². The van der Waals surface area contributed by atoms with Crippen molar-refractivity contribution in [1.29, 1.82) is 0 Å². The maximum Gasteiger partial charge on any atom is 0.221 e. The minimum absolute atomic E-state index is 0.0938. The number of nitrogens with zero attached hydrogens (tertiary/aromatic N) is 3. The zero-order chi connectivity index (χ0) is 12.5. The first-order valence-electron chi connectivity index (χ1n) is 6.12. The number of hydrogen-bond donors (Lipinski definition) is 2. The zero-order valence-electron chi connectivity index (χ0n) is 10.6. The standard InChI is InChI=1S/C11H21N5O/c1-3-6-13-11(17)5-7-12-8-10-14-9-15-16(10)4-2/h9,12H,3-8H2,1-2H3,(H,13,17). The van der Waals surface area contributed by atoms with Crippen LogP contribution < -0.4 is 10.6 Å². The van der Waals surface area contributed by atoms with Gasteiger partial charge in [0.1, 0.15) is 12.2 Å². The van der Waals surface area contributed by atoms with Gasteiger partial charge in [-0.25, -0.2) is 9.67 Å². The Morgan fingerprint density at radius 1 is 1.41 bits per heavy atom. The smallest absolute Gasteiger partial charge is 0.221 e. The van der Waals surface area contributed by atoms with Crippen LogP contribution in [0.3, 0.4) is 0 Å². The first-order chi connectivity index (χ1) is 8.27. The topological polar surface area (TPSA) is 71.8 Å². The molecule has 6 heteroatoms. The van der Waals surface area contributed by atoms with Crippen LogP contribution in [-0.4, -0.2) is 33.8 Å². The largest absolute Gasteiger partial charge is 0.356 e. The van der Waals surface area contributed by atoms with Crippen molar-refractivity contribution >= 4 is 5.91 Å². The molecule has 0 saturated carbocycles. The highest BCUT2D eigenvalue weighted by Crippen LogP contribution is 1.92. The van der Waals surface area contributed by atoms with Crippen molar-refractivity contribution in [2.75, 3.05) is 13.1 Å². The van der Waals surface area contributed by atoms with Crippen LogP contribution in [0, 0.1) is 0 Å². The van der Waals surface area contributed by atoms with E-state index >= 15 is 0 Å². The number of rotatable bonds is 8. The highest BCUT2D eigenvalue weighted by molar-refractivity contribution is 5.75. The molecule has 0 atom stereocenters. The van der Waals surface area contributed by atoms with E-state index in [2.05, 4.69) is 20.7 Å². The van der Waals surface area contributed by atoms with Crippen LogP contribution in [0.1, 0.15) is 32.5 Å². The number of aryl methyl sites for hydroxylation is 1. The maximum atomic E-state index is 11.3. The molecule has 0 aliphatic carbocycles. The number of nitrogens with one attached hydrogen (secondary N) is 2. The summed E-state index contributed by atoms with van der Waals surface area (Å²) in [7, 11) is 0. The van der Waals surface area contributed by atoms with Crippen LogP contribution in [-0.2, 0) is 17.9 Å². The fourth-order valence-corrected chi connectivity index (χ4v) is 1.44. The van der Waals surface area contributed by atoms with Gasteiger partial charge in [0.05, 0.1) is 6.54 Å². The summed E-state index contributed by atoms with van der Waals surface area (Å²) in [6.07, 6.45) is 3.02. The van der Waals surface area contributed by atoms with Crippen LogP contribution in [0.25, 0.3) is 0 Å². The number of carbonyl (C=O) groups excluding carboxylic acids is 1. The molecule has 0 fully saturated rings. The van der Waals surface area contributed by atoms with E-state index in [4.69, 9.17) is 0 Å². The van der Waals surface area contributed by atoms with Gasteiger partial charge in [-0.05, 0) is 13.3 Å². The van der Waals surface area contributed by atoms with Gasteiger partial charge in [-0.2, -0.15) is 5.10 Å². The SMILES string of the molecule is CCCNC(=O)CCNCc1ncnn1CC. The Balaban J connectivity index is 2.14. The van der Waals surface area contributed by atoms with E-state index in [0.29, 0.717) is 19.5 Å². The van der Waals surface area contributed by atoms with E-state index in [1.165, 1.54) is 0 Å². The summed E-state index contributed by atoms with van der Waals surface area (Å²) in [5.41, 5.74) is 0. The molecule has 0 radical (unpaired) electrons. The van der Waals surface area contributed by atoms with E-state index < -0.39 is 0 Å². The number of hydrogen-bond acceptors (Lipinski definition) is 4. The van der Waals surface area contributed by atoms with E-state index in [1.807, 2.05) is 18.5 Å². The highest BCUT2D eigenvalue weighted by atomic mass is 16.1. The Morgan fingerprint density at radius 3 is 2.94 bits per heavy atom. The van der Waals surface area contributed by atoms with Gasteiger partial charge in [-0.15, -0.1) is 0 Å². The van der Waals surface area contributed by atoms with Crippen molar-refractivity contribution in [3.05, 3.63) is 12.2 Å². The van der Waals surface area contributed by atoms with Crippen LogP contribution in [0.2, 0.25) is 0 Å². The molecule has 1 aromatic rings. The van der Waals surface area contributed by atoms with E-state index in [9.17, 15) is 4.79 Å². The van der Waals surface area contributed by atoms with Crippen molar-refractivity contribution in [3.63, 3.8) is 0 Å². The van der Waals surface area contributed by atoms with Gasteiger partial charge in [-0.3, -0.25) is 4.79 Å². The third-order valence-corrected chi connectivity index (χ3v) is 2.38. The first-order valence-corrected chi connectivity index (χ1v) is 6.12. The van der Waals surface area contributed by atoms with Gasteiger partial charge in [0, 0.05) is 26.1 Å². The van der Waals surface area contributed by atoms with Gasteiger partial charge in [-0.1, -0.05) is 6.92 Å². The molecule has 0 aromatic carbocycles. The molecule has 1 amide bonds. The molecular formula is C11H21N5O. The Kier molecular flexibility index (Phi) is 6.24. The Hall–Kier alpha value is -1.43. The molecule has 96 valence electrons. The molecule has 0 bridgehead atoms. The molecule has 0 aliphatic heterocycles. The summed E-state index contributed by atoms with van der Waals surface area (Å²) in [5.74, 6) is 0.998. The molecule has 6 nitrogen and oxygen atoms in total. The van der Waals surface area contributed by atoms with Gasteiger partial charge in [0.25, 0.3) is 0 Å². The number of carbonyl (C=O) groups is 1. The van der Waals surface area contributed by atoms with E-state index in [0.717, 1.165) is 25.3 Å². The van der Waals surface area contributed by atoms with Crippen molar-refractivity contribution in [3.8, 4) is 0 Å². The fourth-order valence-electron chi connectivity index (χ4n) is 1.44. The fraction of sp³-hybridized carbons (Fsp3) is 0.727. The third-order valence-electron chi connectivity index (χ3n) is 2.38. The summed E-state index contributed by atoms with van der Waals surface area (Å²) >= 11 is 0. The molecular weight excluding hydrogens is 218 g/mol. The molecule has 1 aromatic heterocycles. The van der Waals surface area contributed by atoms with Crippen molar-refractivity contribution in [2.24, 2.45) is 0 Å². The lowest BCUT2D eigenvalue weighted by Crippen LogP contribution is -2.28. The quantitative estimate of drug-likeness (QED) is 0.640. The summed E-state index contributed by atoms with van der Waals surface area (Å²) in [6, 6.07) is 0. The van der Waals surface area contributed by atoms with Gasteiger partial charge >= 0.3 is 0 Å². The molecule has 0 aliphatic rings. The molecule has 0 unspecified atom stereocenters. The Morgan fingerprint density at radius 2 is 2.24 bits per heavy atom. The van der Waals surface area contributed by atoms with E-state index in [1.54, 1.807) is 6.33 Å². The predicted molar refractivity (Wildman–Crippen MR) is 65.3 cm³/mol. The lowest BCUT2D eigenvalue weighted by atomic mass is 10.3. The average Bonchev–Trinajstić information content (AvgIpc) is 2.79. The monoisotopic (exact) mass is 239 g/mol. The van der Waals surface area contributed by atoms with Crippen LogP contribution in [0.4, 0.5) is 0 Å². The second kappa shape index (κ2) is 7.78. The van der Waals surface area contributed by atoms with Crippen molar-refractivity contribution in [2.45, 2.75) is 39.8 Å². The zero-order valence-corrected chi connectivity index (χ0v) is 10.6. The Bertz CT molecular complexity index is 336. The summed E-state index contributed by atoms with van der Waals surface area (Å²) in [5, 5.41) is 10.1. The summed E-state index contributed by atoms with van der Waals surface area (Å²) in [4.78, 5) is 15.4. The summed E-state index contributed by atoms with van der Waals surface area (Å²) in [6.45, 7) is 6.94. The molecule has 17 heavy (non-hydrogen) atoms. The predicted octanol–water partition coefficient (Wildman–Crippen LogP) is 0.304. The van der Waals surface area contributed by atoms with E-state index in [-0.39, 0.29) is 5.91 Å². The number of aromatic nitrogens is 3. The van der Waals surface area contributed by atoms with Crippen LogP contribution in [0.15, 0.2) is 6.33 Å². The number of amides is 1. The third kappa shape index (κ3) is 4.95. The minimum Gasteiger partial charge on any atom is -0.356 e. The molecule has 0 spiro atoms. The summed E-state index contributed by atoms with van der Waals surface area (Å²) < 4.78 is 1.84. The van der Waals surface area contributed by atoms with Crippen molar-refractivity contribution < 1.29 is 4.79 Å². The van der Waals surface area contributed by atoms with Gasteiger partial charge in [0.2, 0.25) is 5.91 Å². The molecule has 0 saturated heterocycles. The van der Waals surface area contributed by atoms with Gasteiger partial charge < -0.3 is 10.6 Å². The average molecular weight is 239 g/mol.